The fraction of sp³-hybridized carbons (Fsp3) is 0.286. The van der Waals surface area contributed by atoms with Gasteiger partial charge >= 0.3 is 6.09 Å². The molecule has 0 aliphatic rings. The third-order valence-corrected chi connectivity index (χ3v) is 4.46. The van der Waals surface area contributed by atoms with E-state index in [1.807, 2.05) is 0 Å². The Hall–Kier alpha value is -2.38. The van der Waals surface area contributed by atoms with Gasteiger partial charge in [0.1, 0.15) is 11.6 Å². The molecule has 0 saturated heterocycles. The van der Waals surface area contributed by atoms with Crippen LogP contribution in [-0.4, -0.2) is 29.4 Å². The first-order valence-corrected chi connectivity index (χ1v) is 10.0. The van der Waals surface area contributed by atoms with Crippen molar-refractivity contribution in [3.05, 3.63) is 63.1 Å². The van der Waals surface area contributed by atoms with Gasteiger partial charge in [-0.3, -0.25) is 9.59 Å². The average Bonchev–Trinajstić information content (AvgIpc) is 2.61. The van der Waals surface area contributed by atoms with Crippen molar-refractivity contribution in [2.45, 2.75) is 39.3 Å². The lowest BCUT2D eigenvalue weighted by atomic mass is 10.0. The maximum Gasteiger partial charge on any atom is 0.408 e. The van der Waals surface area contributed by atoms with Crippen LogP contribution in [0.4, 0.5) is 10.5 Å². The molecule has 0 unspecified atom stereocenters. The lowest BCUT2D eigenvalue weighted by molar-refractivity contribution is -0.117. The van der Waals surface area contributed by atoms with Crippen molar-refractivity contribution in [2.75, 3.05) is 5.32 Å². The van der Waals surface area contributed by atoms with Gasteiger partial charge in [0.2, 0.25) is 5.91 Å². The Labute approximate surface area is 183 Å². The first-order valence-electron chi connectivity index (χ1n) is 8.86. The van der Waals surface area contributed by atoms with Gasteiger partial charge in [-0.15, -0.1) is 0 Å². The number of carbonyl (C=O) groups is 3. The van der Waals surface area contributed by atoms with E-state index in [-0.39, 0.29) is 5.78 Å². The number of hydrogen-bond donors (Lipinski definition) is 2. The van der Waals surface area contributed by atoms with Gasteiger partial charge in [-0.05, 0) is 70.2 Å². The number of rotatable bonds is 5. The van der Waals surface area contributed by atoms with Crippen LogP contribution in [0.1, 0.15) is 43.6 Å². The number of halogens is 2. The number of carbonyl (C=O) groups excluding carboxylic acids is 3. The van der Waals surface area contributed by atoms with Gasteiger partial charge in [0, 0.05) is 20.6 Å². The molecule has 0 radical (unpaired) electrons. The van der Waals surface area contributed by atoms with E-state index in [2.05, 4.69) is 26.6 Å². The monoisotopic (exact) mass is 480 g/mol. The predicted octanol–water partition coefficient (Wildman–Crippen LogP) is 5.19. The second-order valence-corrected chi connectivity index (χ2v) is 8.74. The molecule has 0 fully saturated rings. The van der Waals surface area contributed by atoms with Crippen LogP contribution in [0.15, 0.2) is 46.9 Å². The molecule has 0 bridgehead atoms. The molecule has 0 spiro atoms. The smallest absolute Gasteiger partial charge is 0.408 e. The van der Waals surface area contributed by atoms with E-state index in [0.717, 1.165) is 0 Å². The third kappa shape index (κ3) is 6.87. The van der Waals surface area contributed by atoms with Gasteiger partial charge < -0.3 is 15.4 Å². The molecule has 2 amide bonds. The Morgan fingerprint density at radius 2 is 1.69 bits per heavy atom. The molecule has 1 atom stereocenters. The maximum absolute atomic E-state index is 12.9. The molecule has 2 N–H and O–H groups in total. The van der Waals surface area contributed by atoms with Gasteiger partial charge in [0.25, 0.3) is 0 Å². The Balaban J connectivity index is 2.18. The molecule has 2 aromatic rings. The quantitative estimate of drug-likeness (QED) is 0.576. The summed E-state index contributed by atoms with van der Waals surface area (Å²) < 4.78 is 5.84. The number of ketones is 1. The summed E-state index contributed by atoms with van der Waals surface area (Å²) in [7, 11) is 0. The maximum atomic E-state index is 12.9. The highest BCUT2D eigenvalue weighted by Gasteiger charge is 2.23. The number of ether oxygens (including phenoxy) is 1. The summed E-state index contributed by atoms with van der Waals surface area (Å²) >= 11 is 9.23. The van der Waals surface area contributed by atoms with Gasteiger partial charge in [0.05, 0.1) is 5.69 Å². The standard InChI is InChI=1S/C21H22BrClN2O4/c1-12(24-20(28)29-21(2,3)4)19(27)25-17-10-7-14(22)11-16(17)18(26)13-5-8-15(23)9-6-13/h5-12H,1-4H3,(H,24,28)(H,25,27)/t12-/m1/s1. The van der Waals surface area contributed by atoms with Crippen molar-refractivity contribution < 1.29 is 19.1 Å². The van der Waals surface area contributed by atoms with Gasteiger partial charge in [-0.2, -0.15) is 0 Å². The number of anilines is 1. The van der Waals surface area contributed by atoms with E-state index in [0.29, 0.717) is 26.3 Å². The molecule has 0 aliphatic carbocycles. The normalized spacial score (nSPS) is 12.1. The number of amides is 2. The van der Waals surface area contributed by atoms with Gasteiger partial charge in [0.15, 0.2) is 5.78 Å². The van der Waals surface area contributed by atoms with Crippen LogP contribution in [0.3, 0.4) is 0 Å². The Kier molecular flexibility index (Phi) is 7.43. The summed E-state index contributed by atoms with van der Waals surface area (Å²) in [5.41, 5.74) is 0.392. The van der Waals surface area contributed by atoms with Crippen LogP contribution in [0, 0.1) is 0 Å². The SMILES string of the molecule is C[C@@H](NC(=O)OC(C)(C)C)C(=O)Nc1ccc(Br)cc1C(=O)c1ccc(Cl)cc1. The molecular formula is C21H22BrClN2O4. The molecule has 0 aliphatic heterocycles. The largest absolute Gasteiger partial charge is 0.444 e. The van der Waals surface area contributed by atoms with Crippen molar-refractivity contribution in [3.63, 3.8) is 0 Å². The highest BCUT2D eigenvalue weighted by molar-refractivity contribution is 9.10. The first-order chi connectivity index (χ1) is 13.5. The van der Waals surface area contributed by atoms with Gasteiger partial charge in [-0.1, -0.05) is 27.5 Å². The number of benzene rings is 2. The first kappa shape index (κ1) is 22.9. The van der Waals surface area contributed by atoms with E-state index in [9.17, 15) is 14.4 Å². The van der Waals surface area contributed by atoms with Crippen LogP contribution in [0.2, 0.25) is 5.02 Å². The Bertz CT molecular complexity index is 923. The Morgan fingerprint density at radius 3 is 2.28 bits per heavy atom. The van der Waals surface area contributed by atoms with E-state index >= 15 is 0 Å². The summed E-state index contributed by atoms with van der Waals surface area (Å²) in [6.07, 6.45) is -0.701. The predicted molar refractivity (Wildman–Crippen MR) is 116 cm³/mol. The topological polar surface area (TPSA) is 84.5 Å². The van der Waals surface area contributed by atoms with E-state index in [1.165, 1.54) is 6.92 Å². The van der Waals surface area contributed by atoms with Crippen LogP contribution in [-0.2, 0) is 9.53 Å². The fourth-order valence-electron chi connectivity index (χ4n) is 2.36. The molecule has 154 valence electrons. The van der Waals surface area contributed by atoms with Crippen molar-refractivity contribution >= 4 is 51.0 Å². The van der Waals surface area contributed by atoms with Crippen molar-refractivity contribution in [3.8, 4) is 0 Å². The van der Waals surface area contributed by atoms with Crippen molar-refractivity contribution in [1.82, 2.24) is 5.32 Å². The zero-order valence-corrected chi connectivity index (χ0v) is 18.8. The van der Waals surface area contributed by atoms with Crippen LogP contribution in [0.5, 0.6) is 0 Å². The molecular weight excluding hydrogens is 460 g/mol. The summed E-state index contributed by atoms with van der Waals surface area (Å²) in [4.78, 5) is 37.3. The second kappa shape index (κ2) is 9.41. The van der Waals surface area contributed by atoms with E-state index in [4.69, 9.17) is 16.3 Å². The summed E-state index contributed by atoms with van der Waals surface area (Å²) in [5, 5.41) is 5.68. The summed E-state index contributed by atoms with van der Waals surface area (Å²) in [6, 6.07) is 10.6. The Morgan fingerprint density at radius 1 is 1.07 bits per heavy atom. The highest BCUT2D eigenvalue weighted by Crippen LogP contribution is 2.25. The molecule has 0 heterocycles. The molecule has 2 aromatic carbocycles. The van der Waals surface area contributed by atoms with E-state index < -0.39 is 23.6 Å². The van der Waals surface area contributed by atoms with Gasteiger partial charge in [-0.25, -0.2) is 4.79 Å². The molecule has 8 heteroatoms. The second-order valence-electron chi connectivity index (χ2n) is 7.38. The minimum absolute atomic E-state index is 0.272. The number of nitrogens with one attached hydrogen (secondary N) is 2. The van der Waals surface area contributed by atoms with Crippen LogP contribution in [0.25, 0.3) is 0 Å². The summed E-state index contributed by atoms with van der Waals surface area (Å²) in [6.45, 7) is 6.72. The number of alkyl carbamates (subject to hydrolysis) is 1. The minimum atomic E-state index is -0.869. The fourth-order valence-corrected chi connectivity index (χ4v) is 2.85. The van der Waals surface area contributed by atoms with E-state index in [1.54, 1.807) is 63.2 Å². The highest BCUT2D eigenvalue weighted by atomic mass is 79.9. The van der Waals surface area contributed by atoms with Crippen LogP contribution >= 0.6 is 27.5 Å². The minimum Gasteiger partial charge on any atom is -0.444 e. The molecule has 0 saturated carbocycles. The lowest BCUT2D eigenvalue weighted by Crippen LogP contribution is -2.44. The zero-order valence-electron chi connectivity index (χ0n) is 16.5. The zero-order chi connectivity index (χ0) is 21.8. The van der Waals surface area contributed by atoms with Crippen molar-refractivity contribution in [1.29, 1.82) is 0 Å². The number of hydrogen-bond acceptors (Lipinski definition) is 4. The molecule has 0 aromatic heterocycles. The van der Waals surface area contributed by atoms with Crippen LogP contribution < -0.4 is 10.6 Å². The summed E-state index contributed by atoms with van der Waals surface area (Å²) in [5.74, 6) is -0.755. The molecule has 6 nitrogen and oxygen atoms in total. The molecule has 2 rings (SSSR count). The molecule has 29 heavy (non-hydrogen) atoms. The average molecular weight is 482 g/mol. The lowest BCUT2D eigenvalue weighted by Gasteiger charge is -2.22. The van der Waals surface area contributed by atoms with Crippen molar-refractivity contribution in [2.24, 2.45) is 0 Å². The third-order valence-electron chi connectivity index (χ3n) is 3.72.